The molecule has 0 aromatic heterocycles. The molecule has 0 N–H and O–H groups in total. The molecule has 1 unspecified atom stereocenters. The van der Waals surface area contributed by atoms with Crippen molar-refractivity contribution >= 4 is 6.29 Å². The summed E-state index contributed by atoms with van der Waals surface area (Å²) < 4.78 is 0. The minimum absolute atomic E-state index is 0.762. The molecule has 17 heavy (non-hydrogen) atoms. The van der Waals surface area contributed by atoms with Crippen LogP contribution >= 0.6 is 0 Å². The zero-order chi connectivity index (χ0) is 12.3. The fraction of sp³-hybridized carbons (Fsp3) is 0.938. The summed E-state index contributed by atoms with van der Waals surface area (Å²) >= 11 is 0. The highest BCUT2D eigenvalue weighted by molar-refractivity contribution is 5.48. The number of carbonyl (C=O) groups is 1. The molecule has 1 atom stereocenters. The number of hydrogen-bond donors (Lipinski definition) is 0. The van der Waals surface area contributed by atoms with E-state index in [1.807, 2.05) is 0 Å². The van der Waals surface area contributed by atoms with Gasteiger partial charge in [0.15, 0.2) is 0 Å². The van der Waals surface area contributed by atoms with Crippen LogP contribution in [0.5, 0.6) is 0 Å². The smallest absolute Gasteiger partial charge is 0.119 e. The minimum atomic E-state index is 0.762. The number of unbranched alkanes of at least 4 members (excludes halogenated alkanes) is 4. The van der Waals surface area contributed by atoms with E-state index in [0.717, 1.165) is 31.0 Å². The molecule has 0 heterocycles. The van der Waals surface area contributed by atoms with Gasteiger partial charge in [-0.2, -0.15) is 0 Å². The van der Waals surface area contributed by atoms with Crippen molar-refractivity contribution in [3.05, 3.63) is 0 Å². The van der Waals surface area contributed by atoms with Crippen LogP contribution in [-0.4, -0.2) is 6.29 Å². The molecular weight excluding hydrogens is 208 g/mol. The summed E-state index contributed by atoms with van der Waals surface area (Å²) in [7, 11) is 0. The Morgan fingerprint density at radius 3 is 2.29 bits per heavy atom. The van der Waals surface area contributed by atoms with Crippen molar-refractivity contribution in [2.75, 3.05) is 0 Å². The van der Waals surface area contributed by atoms with E-state index >= 15 is 0 Å². The van der Waals surface area contributed by atoms with Crippen molar-refractivity contribution in [3.63, 3.8) is 0 Å². The monoisotopic (exact) mass is 238 g/mol. The first-order chi connectivity index (χ1) is 8.34. The van der Waals surface area contributed by atoms with Gasteiger partial charge in [-0.05, 0) is 18.3 Å². The van der Waals surface area contributed by atoms with Crippen molar-refractivity contribution in [2.24, 2.45) is 11.8 Å². The highest BCUT2D eigenvalue weighted by atomic mass is 16.1. The summed E-state index contributed by atoms with van der Waals surface area (Å²) in [5.74, 6) is 1.94. The second-order valence-corrected chi connectivity index (χ2v) is 5.89. The molecule has 1 aliphatic rings. The van der Waals surface area contributed by atoms with Gasteiger partial charge in [-0.15, -0.1) is 0 Å². The topological polar surface area (TPSA) is 17.1 Å². The highest BCUT2D eigenvalue weighted by Crippen LogP contribution is 2.31. The average molecular weight is 238 g/mol. The van der Waals surface area contributed by atoms with Crippen LogP contribution in [0.25, 0.3) is 0 Å². The van der Waals surface area contributed by atoms with Crippen LogP contribution in [0.4, 0.5) is 0 Å². The van der Waals surface area contributed by atoms with E-state index in [9.17, 15) is 4.79 Å². The molecule has 1 rings (SSSR count). The van der Waals surface area contributed by atoms with Crippen molar-refractivity contribution in [2.45, 2.75) is 84.0 Å². The number of carbonyl (C=O) groups excluding carboxylic acids is 1. The maximum absolute atomic E-state index is 10.2. The first-order valence-electron chi connectivity index (χ1n) is 7.78. The summed E-state index contributed by atoms with van der Waals surface area (Å²) in [6.45, 7) is 2.46. The normalized spacial score (nSPS) is 19.8. The van der Waals surface area contributed by atoms with Crippen LogP contribution in [0, 0.1) is 11.8 Å². The molecule has 0 radical (unpaired) electrons. The maximum atomic E-state index is 10.2. The molecule has 0 spiro atoms. The first-order valence-corrected chi connectivity index (χ1v) is 7.78. The lowest BCUT2D eigenvalue weighted by molar-refractivity contribution is -0.107. The van der Waals surface area contributed by atoms with E-state index in [1.165, 1.54) is 64.2 Å². The van der Waals surface area contributed by atoms with Gasteiger partial charge in [-0.3, -0.25) is 0 Å². The molecule has 0 amide bonds. The quantitative estimate of drug-likeness (QED) is 0.325. The molecule has 1 aliphatic carbocycles. The Bertz CT molecular complexity index is 180. The number of rotatable bonds is 8. The Morgan fingerprint density at radius 1 is 1.00 bits per heavy atom. The van der Waals surface area contributed by atoms with Gasteiger partial charge in [-0.1, -0.05) is 71.1 Å². The van der Waals surface area contributed by atoms with E-state index in [0.29, 0.717) is 0 Å². The molecule has 1 saturated carbocycles. The third-order valence-electron chi connectivity index (χ3n) is 4.44. The zero-order valence-electron chi connectivity index (χ0n) is 11.6. The van der Waals surface area contributed by atoms with Gasteiger partial charge >= 0.3 is 0 Å². The molecule has 0 aromatic rings. The summed E-state index contributed by atoms with van der Waals surface area (Å²) in [5.41, 5.74) is 0. The molecule has 1 heteroatoms. The molecule has 0 aliphatic heterocycles. The van der Waals surface area contributed by atoms with E-state index < -0.39 is 0 Å². The second-order valence-electron chi connectivity index (χ2n) is 5.89. The number of aldehydes is 1. The summed E-state index contributed by atoms with van der Waals surface area (Å²) in [6.07, 6.45) is 17.1. The molecule has 0 bridgehead atoms. The Balaban J connectivity index is 2.02. The van der Waals surface area contributed by atoms with E-state index in [-0.39, 0.29) is 0 Å². The van der Waals surface area contributed by atoms with Gasteiger partial charge in [0.2, 0.25) is 0 Å². The first kappa shape index (κ1) is 14.7. The van der Waals surface area contributed by atoms with Gasteiger partial charge in [0.05, 0.1) is 0 Å². The van der Waals surface area contributed by atoms with Crippen LogP contribution in [0.2, 0.25) is 0 Å². The Kier molecular flexibility index (Phi) is 8.38. The van der Waals surface area contributed by atoms with Crippen LogP contribution in [0.15, 0.2) is 0 Å². The Hall–Kier alpha value is -0.330. The minimum Gasteiger partial charge on any atom is -0.303 e. The van der Waals surface area contributed by atoms with Crippen molar-refractivity contribution in [1.82, 2.24) is 0 Å². The van der Waals surface area contributed by atoms with E-state index in [2.05, 4.69) is 6.92 Å². The third kappa shape index (κ3) is 6.85. The molecule has 100 valence electrons. The molecule has 0 aromatic carbocycles. The molecular formula is C16H30O. The molecule has 0 saturated heterocycles. The summed E-state index contributed by atoms with van der Waals surface area (Å²) in [5, 5.41) is 0. The Labute approximate surface area is 107 Å². The lowest BCUT2D eigenvalue weighted by atomic mass is 9.84. The van der Waals surface area contributed by atoms with Gasteiger partial charge in [0.1, 0.15) is 6.29 Å². The van der Waals surface area contributed by atoms with Gasteiger partial charge in [-0.25, -0.2) is 0 Å². The van der Waals surface area contributed by atoms with Gasteiger partial charge < -0.3 is 4.79 Å². The van der Waals surface area contributed by atoms with Gasteiger partial charge in [0, 0.05) is 6.42 Å². The van der Waals surface area contributed by atoms with Crippen molar-refractivity contribution in [3.8, 4) is 0 Å². The molecule has 1 nitrogen and oxygen atoms in total. The fourth-order valence-corrected chi connectivity index (χ4v) is 3.16. The fourth-order valence-electron chi connectivity index (χ4n) is 3.16. The maximum Gasteiger partial charge on any atom is 0.119 e. The van der Waals surface area contributed by atoms with Crippen LogP contribution in [0.1, 0.15) is 84.0 Å². The Morgan fingerprint density at radius 2 is 1.65 bits per heavy atom. The largest absolute Gasteiger partial charge is 0.303 e. The van der Waals surface area contributed by atoms with Crippen LogP contribution in [-0.2, 0) is 4.79 Å². The highest BCUT2D eigenvalue weighted by Gasteiger charge is 2.18. The number of hydrogen-bond acceptors (Lipinski definition) is 1. The second kappa shape index (κ2) is 9.67. The van der Waals surface area contributed by atoms with Crippen LogP contribution < -0.4 is 0 Å². The molecule has 1 fully saturated rings. The standard InChI is InChI=1S/C16H30O/c1-15(11-7-3-2-6-10-14-17)16-12-8-4-5-9-13-16/h14-16H,2-13H2,1H3. The van der Waals surface area contributed by atoms with Crippen molar-refractivity contribution < 1.29 is 4.79 Å². The third-order valence-corrected chi connectivity index (χ3v) is 4.44. The van der Waals surface area contributed by atoms with Crippen molar-refractivity contribution in [1.29, 1.82) is 0 Å². The van der Waals surface area contributed by atoms with Gasteiger partial charge in [0.25, 0.3) is 0 Å². The van der Waals surface area contributed by atoms with E-state index in [1.54, 1.807) is 0 Å². The summed E-state index contributed by atoms with van der Waals surface area (Å²) in [4.78, 5) is 10.2. The summed E-state index contributed by atoms with van der Waals surface area (Å²) in [6, 6.07) is 0. The lowest BCUT2D eigenvalue weighted by Gasteiger charge is -2.22. The predicted molar refractivity (Wildman–Crippen MR) is 74.1 cm³/mol. The lowest BCUT2D eigenvalue weighted by Crippen LogP contribution is -2.10. The van der Waals surface area contributed by atoms with Crippen LogP contribution in [0.3, 0.4) is 0 Å². The average Bonchev–Trinajstić information content (AvgIpc) is 2.62. The zero-order valence-corrected chi connectivity index (χ0v) is 11.6. The predicted octanol–water partition coefficient (Wildman–Crippen LogP) is 5.13. The van der Waals surface area contributed by atoms with E-state index in [4.69, 9.17) is 0 Å². The SMILES string of the molecule is CC(CCCCCCC=O)C1CCCCCC1.